The van der Waals surface area contributed by atoms with E-state index >= 15 is 0 Å². The number of aromatic nitrogens is 2. The fraction of sp³-hybridized carbons (Fsp3) is 0.444. The monoisotopic (exact) mass is 358 g/mol. The van der Waals surface area contributed by atoms with Crippen LogP contribution in [0.25, 0.3) is 0 Å². The quantitative estimate of drug-likeness (QED) is 0.727. The third-order valence-corrected chi connectivity index (χ3v) is 4.80. The van der Waals surface area contributed by atoms with Crippen LogP contribution in [0.4, 0.5) is 11.6 Å². The van der Waals surface area contributed by atoms with Crippen molar-refractivity contribution in [3.63, 3.8) is 0 Å². The van der Waals surface area contributed by atoms with E-state index in [0.717, 1.165) is 35.8 Å². The topological polar surface area (TPSA) is 100.0 Å². The van der Waals surface area contributed by atoms with Gasteiger partial charge in [0.15, 0.2) is 11.5 Å². The Hall–Kier alpha value is -2.58. The molecule has 26 heavy (non-hydrogen) atoms. The molecule has 0 saturated carbocycles. The van der Waals surface area contributed by atoms with Gasteiger partial charge in [0.2, 0.25) is 6.79 Å². The van der Waals surface area contributed by atoms with Crippen molar-refractivity contribution < 1.29 is 19.7 Å². The van der Waals surface area contributed by atoms with Gasteiger partial charge >= 0.3 is 0 Å². The Balaban J connectivity index is 1.45. The summed E-state index contributed by atoms with van der Waals surface area (Å²) in [4.78, 5) is 10.5. The minimum absolute atomic E-state index is 0.0407. The highest BCUT2D eigenvalue weighted by molar-refractivity contribution is 5.50. The van der Waals surface area contributed by atoms with Gasteiger partial charge in [-0.1, -0.05) is 6.07 Å². The number of hydrogen-bond acceptors (Lipinski definition) is 8. The van der Waals surface area contributed by atoms with Crippen LogP contribution in [-0.4, -0.2) is 59.3 Å². The first-order valence-electron chi connectivity index (χ1n) is 8.74. The molecule has 2 aliphatic heterocycles. The molecule has 0 radical (unpaired) electrons. The fourth-order valence-corrected chi connectivity index (χ4v) is 3.47. The fourth-order valence-electron chi connectivity index (χ4n) is 3.47. The number of piperidine rings is 1. The molecule has 0 unspecified atom stereocenters. The minimum Gasteiger partial charge on any atom is -0.454 e. The Kier molecular flexibility index (Phi) is 4.77. The van der Waals surface area contributed by atoms with Crippen LogP contribution in [0.5, 0.6) is 11.5 Å². The van der Waals surface area contributed by atoms with Gasteiger partial charge in [0, 0.05) is 31.6 Å². The number of ether oxygens (including phenoxy) is 2. The molecule has 2 aromatic rings. The summed E-state index contributed by atoms with van der Waals surface area (Å²) in [5.74, 6) is 2.98. The molecule has 1 saturated heterocycles. The molecule has 0 aliphatic carbocycles. The van der Waals surface area contributed by atoms with Crippen LogP contribution in [0.3, 0.4) is 0 Å². The van der Waals surface area contributed by atoms with Gasteiger partial charge in [-0.05, 0) is 24.1 Å². The van der Waals surface area contributed by atoms with E-state index < -0.39 is 6.10 Å². The minimum atomic E-state index is -0.507. The van der Waals surface area contributed by atoms with Crippen molar-refractivity contribution in [2.24, 2.45) is 0 Å². The van der Waals surface area contributed by atoms with Gasteiger partial charge in [-0.2, -0.15) is 0 Å². The molecule has 138 valence electrons. The van der Waals surface area contributed by atoms with E-state index in [0.29, 0.717) is 18.9 Å². The number of aliphatic hydroxyl groups excluding tert-OH is 2. The number of nitrogens with one attached hydrogen (secondary N) is 1. The van der Waals surface area contributed by atoms with E-state index in [9.17, 15) is 5.11 Å². The predicted molar refractivity (Wildman–Crippen MR) is 95.8 cm³/mol. The van der Waals surface area contributed by atoms with Crippen molar-refractivity contribution in [2.45, 2.75) is 18.4 Å². The zero-order chi connectivity index (χ0) is 17.9. The van der Waals surface area contributed by atoms with Gasteiger partial charge in [-0.15, -0.1) is 0 Å². The number of β-amino-alcohol motifs (C(OH)–C–C–N with tert-alkyl or cyclic N) is 1. The maximum atomic E-state index is 10.7. The molecule has 0 bridgehead atoms. The van der Waals surface area contributed by atoms with E-state index in [4.69, 9.17) is 14.6 Å². The highest BCUT2D eigenvalue weighted by Gasteiger charge is 2.30. The normalized spacial score (nSPS) is 21.7. The molecular weight excluding hydrogens is 336 g/mol. The van der Waals surface area contributed by atoms with Crippen LogP contribution in [0, 0.1) is 0 Å². The molecule has 4 rings (SSSR count). The van der Waals surface area contributed by atoms with Gasteiger partial charge in [-0.3, -0.25) is 0 Å². The van der Waals surface area contributed by atoms with Crippen molar-refractivity contribution >= 4 is 11.6 Å². The third-order valence-electron chi connectivity index (χ3n) is 4.80. The van der Waals surface area contributed by atoms with Crippen molar-refractivity contribution in [1.82, 2.24) is 9.97 Å². The average Bonchev–Trinajstić information content (AvgIpc) is 3.14. The lowest BCUT2D eigenvalue weighted by Gasteiger charge is -2.37. The molecule has 2 atom stereocenters. The van der Waals surface area contributed by atoms with Crippen LogP contribution < -0.4 is 19.7 Å². The summed E-state index contributed by atoms with van der Waals surface area (Å²) in [5.41, 5.74) is 1.06. The summed E-state index contributed by atoms with van der Waals surface area (Å²) in [6.45, 7) is 2.01. The van der Waals surface area contributed by atoms with Crippen LogP contribution in [-0.2, 0) is 0 Å². The van der Waals surface area contributed by atoms with Crippen LogP contribution >= 0.6 is 0 Å². The van der Waals surface area contributed by atoms with E-state index in [1.54, 1.807) is 0 Å². The second-order valence-electron chi connectivity index (χ2n) is 6.43. The Morgan fingerprint density at radius 3 is 2.92 bits per heavy atom. The van der Waals surface area contributed by atoms with E-state index in [1.807, 2.05) is 24.3 Å². The molecule has 1 aromatic heterocycles. The number of fused-ring (bicyclic) bond motifs is 1. The lowest BCUT2D eigenvalue weighted by molar-refractivity contribution is 0.129. The van der Waals surface area contributed by atoms with Gasteiger partial charge < -0.3 is 29.9 Å². The van der Waals surface area contributed by atoms with Gasteiger partial charge in [0.25, 0.3) is 0 Å². The maximum Gasteiger partial charge on any atom is 0.231 e. The maximum absolute atomic E-state index is 10.7. The van der Waals surface area contributed by atoms with E-state index in [2.05, 4.69) is 20.2 Å². The first-order chi connectivity index (χ1) is 12.7. The van der Waals surface area contributed by atoms with Crippen LogP contribution in [0.2, 0.25) is 0 Å². The molecule has 8 heteroatoms. The number of nitrogens with zero attached hydrogens (tertiary/aromatic N) is 3. The van der Waals surface area contributed by atoms with Crippen molar-refractivity contribution in [3.05, 3.63) is 36.2 Å². The first-order valence-corrected chi connectivity index (χ1v) is 8.74. The average molecular weight is 358 g/mol. The number of anilines is 2. The number of hydrogen-bond donors (Lipinski definition) is 3. The first kappa shape index (κ1) is 16.9. The molecular formula is C18H22N4O4. The molecule has 0 spiro atoms. The summed E-state index contributed by atoms with van der Waals surface area (Å²) in [6.07, 6.45) is 1.79. The largest absolute Gasteiger partial charge is 0.454 e. The number of aliphatic hydroxyl groups is 2. The second kappa shape index (κ2) is 7.35. The van der Waals surface area contributed by atoms with Gasteiger partial charge in [0.05, 0.1) is 12.7 Å². The van der Waals surface area contributed by atoms with Crippen LogP contribution in [0.1, 0.15) is 17.9 Å². The Morgan fingerprint density at radius 1 is 1.19 bits per heavy atom. The number of benzene rings is 1. The Morgan fingerprint density at radius 2 is 2.08 bits per heavy atom. The van der Waals surface area contributed by atoms with Crippen molar-refractivity contribution in [1.29, 1.82) is 0 Å². The number of rotatable bonds is 5. The summed E-state index contributed by atoms with van der Waals surface area (Å²) < 4.78 is 10.8. The Labute approximate surface area is 151 Å². The molecule has 1 aromatic carbocycles. The molecule has 8 nitrogen and oxygen atoms in total. The summed E-state index contributed by atoms with van der Waals surface area (Å²) in [7, 11) is 0. The molecule has 3 heterocycles. The smallest absolute Gasteiger partial charge is 0.231 e. The highest BCUT2D eigenvalue weighted by Crippen LogP contribution is 2.38. The van der Waals surface area contributed by atoms with Crippen LogP contribution in [0.15, 0.2) is 30.6 Å². The van der Waals surface area contributed by atoms with Gasteiger partial charge in [0.1, 0.15) is 18.0 Å². The lowest BCUT2D eigenvalue weighted by Crippen LogP contribution is -2.43. The van der Waals surface area contributed by atoms with E-state index in [1.165, 1.54) is 6.33 Å². The SMILES string of the molecule is OCCNc1cc(N2CC[C@@H](c3ccc4c(c3)OCO4)[C@H](O)C2)ncn1. The zero-order valence-electron chi connectivity index (χ0n) is 14.3. The molecule has 2 aliphatic rings. The lowest BCUT2D eigenvalue weighted by atomic mass is 9.87. The molecule has 0 amide bonds. The third kappa shape index (κ3) is 3.38. The molecule has 1 fully saturated rings. The summed E-state index contributed by atoms with van der Waals surface area (Å²) >= 11 is 0. The molecule has 3 N–H and O–H groups in total. The standard InChI is InChI=1S/C18H22N4O4/c23-6-4-19-17-8-18(21-10-20-17)22-5-3-13(14(24)9-22)12-1-2-15-16(7-12)26-11-25-15/h1-2,7-8,10,13-14,23-24H,3-6,9,11H2,(H,19,20,21)/t13-,14+/m0/s1. The second-order valence-corrected chi connectivity index (χ2v) is 6.43. The van der Waals surface area contributed by atoms with Gasteiger partial charge in [-0.25, -0.2) is 9.97 Å². The summed E-state index contributed by atoms with van der Waals surface area (Å²) in [5, 5.41) is 22.6. The van der Waals surface area contributed by atoms with Crippen molar-refractivity contribution in [2.75, 3.05) is 43.3 Å². The summed E-state index contributed by atoms with van der Waals surface area (Å²) in [6, 6.07) is 7.70. The van der Waals surface area contributed by atoms with E-state index in [-0.39, 0.29) is 19.3 Å². The Bertz CT molecular complexity index is 773. The highest BCUT2D eigenvalue weighted by atomic mass is 16.7. The van der Waals surface area contributed by atoms with Crippen molar-refractivity contribution in [3.8, 4) is 11.5 Å². The predicted octanol–water partition coefficient (Wildman–Crippen LogP) is 0.964. The zero-order valence-corrected chi connectivity index (χ0v) is 14.3.